The van der Waals surface area contributed by atoms with Gasteiger partial charge >= 0.3 is 0 Å². The predicted octanol–water partition coefficient (Wildman–Crippen LogP) is 2.89. The molecule has 0 bridgehead atoms. The number of phenolic OH excluding ortho intramolecular Hbond substituents is 1. The van der Waals surface area contributed by atoms with Crippen molar-refractivity contribution < 1.29 is 5.11 Å². The second kappa shape index (κ2) is 6.90. The van der Waals surface area contributed by atoms with Crippen LogP contribution in [-0.4, -0.2) is 46.1 Å². The number of thiocarbonyl (C=S) groups is 1. The van der Waals surface area contributed by atoms with E-state index in [9.17, 15) is 5.11 Å². The Hall–Kier alpha value is -1.91. The lowest BCUT2D eigenvalue weighted by atomic mass is 10.1. The van der Waals surface area contributed by atoms with Gasteiger partial charge in [0.1, 0.15) is 10.7 Å². The van der Waals surface area contributed by atoms with Gasteiger partial charge in [0.05, 0.1) is 0 Å². The summed E-state index contributed by atoms with van der Waals surface area (Å²) in [6.45, 7) is 4.87. The summed E-state index contributed by atoms with van der Waals surface area (Å²) >= 11 is 5.56. The maximum atomic E-state index is 9.58. The van der Waals surface area contributed by atoms with Crippen molar-refractivity contribution in [1.29, 1.82) is 0 Å². The fraction of sp³-hybridized carbons (Fsp3) is 0.278. The van der Waals surface area contributed by atoms with Gasteiger partial charge in [-0.1, -0.05) is 54.7 Å². The molecule has 0 radical (unpaired) electrons. The highest BCUT2D eigenvalue weighted by Crippen LogP contribution is 2.16. The van der Waals surface area contributed by atoms with E-state index < -0.39 is 0 Å². The molecule has 0 unspecified atom stereocenters. The van der Waals surface area contributed by atoms with Crippen LogP contribution in [0.1, 0.15) is 11.1 Å². The van der Waals surface area contributed by atoms with Crippen LogP contribution in [0.15, 0.2) is 54.6 Å². The Labute approximate surface area is 136 Å². The maximum absolute atomic E-state index is 9.58. The summed E-state index contributed by atoms with van der Waals surface area (Å²) in [7, 11) is 0. The lowest BCUT2D eigenvalue weighted by Crippen LogP contribution is -2.47. The molecule has 4 heteroatoms. The standard InChI is InChI=1S/C18H20N2OS/c21-17-8-4-7-16(13-17)18(22)20-11-9-19(10-12-20)14-15-5-2-1-3-6-15/h1-8,13,21H,9-12,14H2. The normalized spacial score (nSPS) is 15.7. The number of hydrogen-bond donors (Lipinski definition) is 1. The SMILES string of the molecule is Oc1cccc(C(=S)N2CCN(Cc3ccccc3)CC2)c1. The smallest absolute Gasteiger partial charge is 0.116 e. The van der Waals surface area contributed by atoms with Crippen LogP contribution in [0.5, 0.6) is 5.75 Å². The van der Waals surface area contributed by atoms with Gasteiger partial charge in [0, 0.05) is 38.3 Å². The summed E-state index contributed by atoms with van der Waals surface area (Å²) in [5, 5.41) is 9.58. The van der Waals surface area contributed by atoms with Crippen molar-refractivity contribution in [2.24, 2.45) is 0 Å². The summed E-state index contributed by atoms with van der Waals surface area (Å²) in [5.74, 6) is 0.266. The van der Waals surface area contributed by atoms with E-state index in [0.717, 1.165) is 43.3 Å². The molecule has 0 aliphatic carbocycles. The minimum Gasteiger partial charge on any atom is -0.508 e. The van der Waals surface area contributed by atoms with Gasteiger partial charge in [0.25, 0.3) is 0 Å². The number of hydrogen-bond acceptors (Lipinski definition) is 3. The topological polar surface area (TPSA) is 26.7 Å². The first-order valence-corrected chi connectivity index (χ1v) is 7.98. The molecule has 0 atom stereocenters. The first kappa shape index (κ1) is 15.0. The molecule has 1 N–H and O–H groups in total. The molecule has 1 fully saturated rings. The lowest BCUT2D eigenvalue weighted by molar-refractivity contribution is 0.177. The van der Waals surface area contributed by atoms with Gasteiger partial charge in [-0.15, -0.1) is 0 Å². The third-order valence-electron chi connectivity index (χ3n) is 4.00. The largest absolute Gasteiger partial charge is 0.508 e. The molecule has 1 aliphatic rings. The van der Waals surface area contributed by atoms with Gasteiger partial charge < -0.3 is 10.0 Å². The highest BCUT2D eigenvalue weighted by molar-refractivity contribution is 7.80. The molecule has 0 saturated carbocycles. The van der Waals surface area contributed by atoms with Crippen LogP contribution < -0.4 is 0 Å². The van der Waals surface area contributed by atoms with Crippen molar-refractivity contribution in [2.75, 3.05) is 26.2 Å². The molecule has 1 heterocycles. The minimum absolute atomic E-state index is 0.266. The van der Waals surface area contributed by atoms with Crippen molar-refractivity contribution in [2.45, 2.75) is 6.54 Å². The summed E-state index contributed by atoms with van der Waals surface area (Å²) in [6, 6.07) is 17.8. The number of benzene rings is 2. The molecule has 3 rings (SSSR count). The van der Waals surface area contributed by atoms with Crippen LogP contribution in [0, 0.1) is 0 Å². The van der Waals surface area contributed by atoms with Crippen LogP contribution in [0.25, 0.3) is 0 Å². The van der Waals surface area contributed by atoms with Crippen molar-refractivity contribution >= 4 is 17.2 Å². The molecule has 0 amide bonds. The van der Waals surface area contributed by atoms with E-state index >= 15 is 0 Å². The number of rotatable bonds is 3. The van der Waals surface area contributed by atoms with E-state index in [-0.39, 0.29) is 5.75 Å². The van der Waals surface area contributed by atoms with Crippen molar-refractivity contribution in [3.05, 3.63) is 65.7 Å². The Bertz CT molecular complexity index is 637. The fourth-order valence-corrected chi connectivity index (χ4v) is 3.08. The van der Waals surface area contributed by atoms with E-state index in [1.54, 1.807) is 12.1 Å². The molecule has 3 nitrogen and oxygen atoms in total. The zero-order chi connectivity index (χ0) is 15.4. The van der Waals surface area contributed by atoms with Gasteiger partial charge in [-0.25, -0.2) is 0 Å². The molecular formula is C18H20N2OS. The number of aromatic hydroxyl groups is 1. The molecule has 2 aromatic rings. The van der Waals surface area contributed by atoms with Crippen molar-refractivity contribution in [1.82, 2.24) is 9.80 Å². The summed E-state index contributed by atoms with van der Waals surface area (Å²) in [5.41, 5.74) is 2.28. The zero-order valence-corrected chi connectivity index (χ0v) is 13.3. The molecule has 2 aromatic carbocycles. The van der Waals surface area contributed by atoms with E-state index in [1.165, 1.54) is 5.56 Å². The molecule has 1 saturated heterocycles. The Balaban J connectivity index is 1.56. The van der Waals surface area contributed by atoms with Crippen LogP contribution in [0.3, 0.4) is 0 Å². The van der Waals surface area contributed by atoms with Crippen molar-refractivity contribution in [3.8, 4) is 5.75 Å². The second-order valence-corrected chi connectivity index (χ2v) is 5.99. The van der Waals surface area contributed by atoms with Gasteiger partial charge in [0.2, 0.25) is 0 Å². The Morgan fingerprint density at radius 1 is 0.955 bits per heavy atom. The third-order valence-corrected chi connectivity index (χ3v) is 4.50. The van der Waals surface area contributed by atoms with Crippen LogP contribution in [0.2, 0.25) is 0 Å². The van der Waals surface area contributed by atoms with Gasteiger partial charge in [0.15, 0.2) is 0 Å². The van der Waals surface area contributed by atoms with E-state index in [1.807, 2.05) is 12.1 Å². The molecular weight excluding hydrogens is 292 g/mol. The van der Waals surface area contributed by atoms with E-state index in [0.29, 0.717) is 0 Å². The van der Waals surface area contributed by atoms with Gasteiger partial charge in [-0.2, -0.15) is 0 Å². The fourth-order valence-electron chi connectivity index (χ4n) is 2.77. The average Bonchev–Trinajstić information content (AvgIpc) is 2.56. The number of piperazine rings is 1. The molecule has 0 aromatic heterocycles. The Kier molecular flexibility index (Phi) is 4.71. The monoisotopic (exact) mass is 312 g/mol. The summed E-state index contributed by atoms with van der Waals surface area (Å²) < 4.78 is 0. The third kappa shape index (κ3) is 3.64. The Morgan fingerprint density at radius 2 is 1.68 bits per heavy atom. The molecule has 1 aliphatic heterocycles. The molecule has 22 heavy (non-hydrogen) atoms. The Morgan fingerprint density at radius 3 is 2.36 bits per heavy atom. The second-order valence-electron chi connectivity index (χ2n) is 5.60. The van der Waals surface area contributed by atoms with E-state index in [4.69, 9.17) is 12.2 Å². The molecule has 114 valence electrons. The molecule has 0 spiro atoms. The first-order valence-electron chi connectivity index (χ1n) is 7.57. The summed E-state index contributed by atoms with van der Waals surface area (Å²) in [6.07, 6.45) is 0. The predicted molar refractivity (Wildman–Crippen MR) is 93.1 cm³/mol. The van der Waals surface area contributed by atoms with E-state index in [2.05, 4.69) is 40.1 Å². The zero-order valence-electron chi connectivity index (χ0n) is 12.5. The number of nitrogens with zero attached hydrogens (tertiary/aromatic N) is 2. The quantitative estimate of drug-likeness (QED) is 0.882. The van der Waals surface area contributed by atoms with Crippen molar-refractivity contribution in [3.63, 3.8) is 0 Å². The minimum atomic E-state index is 0.266. The number of phenols is 1. The highest BCUT2D eigenvalue weighted by atomic mass is 32.1. The summed E-state index contributed by atoms with van der Waals surface area (Å²) in [4.78, 5) is 5.51. The van der Waals surface area contributed by atoms with Gasteiger partial charge in [-0.05, 0) is 17.7 Å². The first-order chi connectivity index (χ1) is 10.7. The van der Waals surface area contributed by atoms with Crippen LogP contribution in [0.4, 0.5) is 0 Å². The maximum Gasteiger partial charge on any atom is 0.116 e. The van der Waals surface area contributed by atoms with Crippen LogP contribution in [-0.2, 0) is 6.54 Å². The highest BCUT2D eigenvalue weighted by Gasteiger charge is 2.19. The average molecular weight is 312 g/mol. The lowest BCUT2D eigenvalue weighted by Gasteiger charge is -2.36. The van der Waals surface area contributed by atoms with Gasteiger partial charge in [-0.3, -0.25) is 4.90 Å². The van der Waals surface area contributed by atoms with Crippen LogP contribution >= 0.6 is 12.2 Å².